The molecule has 0 spiro atoms. The third-order valence-electron chi connectivity index (χ3n) is 4.05. The Bertz CT molecular complexity index is 628. The molecule has 5 nitrogen and oxygen atoms in total. The molecule has 1 aromatic heterocycles. The van der Waals surface area contributed by atoms with Crippen molar-refractivity contribution in [3.05, 3.63) is 30.0 Å². The second-order valence-electron chi connectivity index (χ2n) is 5.69. The SMILES string of the molecule is Nc1ccc2[nH]c(C(=O)NCCN3CCCCC3)cc2c1. The van der Waals surface area contributed by atoms with E-state index in [9.17, 15) is 4.79 Å². The Morgan fingerprint density at radius 1 is 1.24 bits per heavy atom. The lowest BCUT2D eigenvalue weighted by molar-refractivity contribution is 0.0942. The van der Waals surface area contributed by atoms with Crippen LogP contribution in [0, 0.1) is 0 Å². The second kappa shape index (κ2) is 6.18. The van der Waals surface area contributed by atoms with Crippen LogP contribution >= 0.6 is 0 Å². The van der Waals surface area contributed by atoms with Crippen molar-refractivity contribution in [2.24, 2.45) is 0 Å². The van der Waals surface area contributed by atoms with E-state index < -0.39 is 0 Å². The van der Waals surface area contributed by atoms with Crippen LogP contribution in [0.1, 0.15) is 29.8 Å². The Balaban J connectivity index is 1.56. The Morgan fingerprint density at radius 2 is 2.05 bits per heavy atom. The van der Waals surface area contributed by atoms with Crippen molar-refractivity contribution in [1.82, 2.24) is 15.2 Å². The van der Waals surface area contributed by atoms with Crippen molar-refractivity contribution in [1.29, 1.82) is 0 Å². The molecule has 1 fully saturated rings. The van der Waals surface area contributed by atoms with Crippen LogP contribution in [0.3, 0.4) is 0 Å². The van der Waals surface area contributed by atoms with E-state index >= 15 is 0 Å². The molecule has 4 N–H and O–H groups in total. The molecule has 1 aromatic carbocycles. The fourth-order valence-corrected chi connectivity index (χ4v) is 2.88. The monoisotopic (exact) mass is 286 g/mol. The zero-order valence-electron chi connectivity index (χ0n) is 12.2. The van der Waals surface area contributed by atoms with Crippen molar-refractivity contribution < 1.29 is 4.79 Å². The van der Waals surface area contributed by atoms with E-state index in [1.54, 1.807) is 0 Å². The molecule has 0 atom stereocenters. The highest BCUT2D eigenvalue weighted by atomic mass is 16.1. The van der Waals surface area contributed by atoms with Crippen molar-refractivity contribution in [3.63, 3.8) is 0 Å². The van der Waals surface area contributed by atoms with Gasteiger partial charge in [-0.15, -0.1) is 0 Å². The van der Waals surface area contributed by atoms with Crippen LogP contribution in [0.5, 0.6) is 0 Å². The van der Waals surface area contributed by atoms with E-state index in [2.05, 4.69) is 15.2 Å². The summed E-state index contributed by atoms with van der Waals surface area (Å²) in [5.74, 6) is -0.0539. The van der Waals surface area contributed by atoms with Crippen LogP contribution in [0.4, 0.5) is 5.69 Å². The molecule has 0 saturated carbocycles. The fourth-order valence-electron chi connectivity index (χ4n) is 2.88. The van der Waals surface area contributed by atoms with Crippen LogP contribution in [-0.4, -0.2) is 42.0 Å². The molecular weight excluding hydrogens is 264 g/mol. The van der Waals surface area contributed by atoms with Crippen molar-refractivity contribution in [2.75, 3.05) is 31.9 Å². The van der Waals surface area contributed by atoms with E-state index in [4.69, 9.17) is 5.73 Å². The van der Waals surface area contributed by atoms with E-state index in [0.717, 1.165) is 30.5 Å². The van der Waals surface area contributed by atoms with Gasteiger partial charge >= 0.3 is 0 Å². The Kier molecular flexibility index (Phi) is 4.10. The zero-order valence-corrected chi connectivity index (χ0v) is 12.2. The summed E-state index contributed by atoms with van der Waals surface area (Å²) in [6, 6.07) is 7.45. The first-order valence-electron chi connectivity index (χ1n) is 7.61. The first-order valence-corrected chi connectivity index (χ1v) is 7.61. The third kappa shape index (κ3) is 3.36. The average molecular weight is 286 g/mol. The maximum absolute atomic E-state index is 12.1. The summed E-state index contributed by atoms with van der Waals surface area (Å²) in [6.07, 6.45) is 3.88. The lowest BCUT2D eigenvalue weighted by atomic mass is 10.1. The highest BCUT2D eigenvalue weighted by Crippen LogP contribution is 2.18. The van der Waals surface area contributed by atoms with Gasteiger partial charge in [0.15, 0.2) is 0 Å². The minimum Gasteiger partial charge on any atom is -0.399 e. The molecule has 21 heavy (non-hydrogen) atoms. The molecule has 0 bridgehead atoms. The molecule has 1 aliphatic rings. The molecule has 0 radical (unpaired) electrons. The summed E-state index contributed by atoms with van der Waals surface area (Å²) in [5.41, 5.74) is 7.99. The molecule has 2 aromatic rings. The normalized spacial score (nSPS) is 16.2. The molecule has 1 aliphatic heterocycles. The number of nitrogens with one attached hydrogen (secondary N) is 2. The molecule has 0 aliphatic carbocycles. The molecule has 1 saturated heterocycles. The summed E-state index contributed by atoms with van der Waals surface area (Å²) in [4.78, 5) is 17.7. The van der Waals surface area contributed by atoms with Crippen molar-refractivity contribution in [3.8, 4) is 0 Å². The Hall–Kier alpha value is -2.01. The number of hydrogen-bond donors (Lipinski definition) is 3. The summed E-state index contributed by atoms with van der Waals surface area (Å²) in [6.45, 7) is 3.93. The number of H-pyrrole nitrogens is 1. The van der Waals surface area contributed by atoms with Crippen LogP contribution < -0.4 is 11.1 Å². The first kappa shape index (κ1) is 13.9. The van der Waals surface area contributed by atoms with E-state index in [0.29, 0.717) is 17.9 Å². The number of benzene rings is 1. The zero-order chi connectivity index (χ0) is 14.7. The minimum absolute atomic E-state index is 0.0539. The van der Waals surface area contributed by atoms with Gasteiger partial charge in [-0.25, -0.2) is 0 Å². The number of nitrogen functional groups attached to an aromatic ring is 1. The number of carbonyl (C=O) groups is 1. The molecule has 2 heterocycles. The number of fused-ring (bicyclic) bond motifs is 1. The highest BCUT2D eigenvalue weighted by molar-refractivity contribution is 5.98. The summed E-state index contributed by atoms with van der Waals surface area (Å²) in [7, 11) is 0. The van der Waals surface area contributed by atoms with Crippen LogP contribution in [-0.2, 0) is 0 Å². The van der Waals surface area contributed by atoms with Gasteiger partial charge in [-0.2, -0.15) is 0 Å². The van der Waals surface area contributed by atoms with E-state index in [1.165, 1.54) is 19.3 Å². The van der Waals surface area contributed by atoms with Gasteiger partial charge in [0, 0.05) is 29.7 Å². The molecular formula is C16H22N4O. The number of hydrogen-bond acceptors (Lipinski definition) is 3. The molecule has 112 valence electrons. The smallest absolute Gasteiger partial charge is 0.267 e. The number of rotatable bonds is 4. The van der Waals surface area contributed by atoms with E-state index in [1.807, 2.05) is 24.3 Å². The largest absolute Gasteiger partial charge is 0.399 e. The molecule has 0 unspecified atom stereocenters. The number of anilines is 1. The summed E-state index contributed by atoms with van der Waals surface area (Å²) >= 11 is 0. The van der Waals surface area contributed by atoms with Crippen molar-refractivity contribution in [2.45, 2.75) is 19.3 Å². The maximum Gasteiger partial charge on any atom is 0.267 e. The van der Waals surface area contributed by atoms with Gasteiger partial charge in [-0.05, 0) is 50.2 Å². The molecule has 1 amide bonds. The predicted molar refractivity (Wildman–Crippen MR) is 85.3 cm³/mol. The number of aromatic nitrogens is 1. The number of carbonyl (C=O) groups excluding carboxylic acids is 1. The van der Waals surface area contributed by atoms with Gasteiger partial charge in [-0.1, -0.05) is 6.42 Å². The second-order valence-corrected chi connectivity index (χ2v) is 5.69. The lowest BCUT2D eigenvalue weighted by Crippen LogP contribution is -2.37. The van der Waals surface area contributed by atoms with Gasteiger partial charge in [0.05, 0.1) is 0 Å². The van der Waals surface area contributed by atoms with Gasteiger partial charge in [-0.3, -0.25) is 4.79 Å². The number of nitrogens with two attached hydrogens (primary N) is 1. The van der Waals surface area contributed by atoms with Crippen molar-refractivity contribution >= 4 is 22.5 Å². The highest BCUT2D eigenvalue weighted by Gasteiger charge is 2.12. The van der Waals surface area contributed by atoms with Gasteiger partial charge in [0.25, 0.3) is 5.91 Å². The molecule has 5 heteroatoms. The number of piperidine rings is 1. The third-order valence-corrected chi connectivity index (χ3v) is 4.05. The van der Waals surface area contributed by atoms with Crippen LogP contribution in [0.15, 0.2) is 24.3 Å². The topological polar surface area (TPSA) is 74.1 Å². The number of aromatic amines is 1. The lowest BCUT2D eigenvalue weighted by Gasteiger charge is -2.26. The first-order chi connectivity index (χ1) is 10.2. The molecule has 3 rings (SSSR count). The maximum atomic E-state index is 12.1. The van der Waals surface area contributed by atoms with Gasteiger partial charge < -0.3 is 20.9 Å². The van der Waals surface area contributed by atoms with Crippen LogP contribution in [0.2, 0.25) is 0 Å². The van der Waals surface area contributed by atoms with Gasteiger partial charge in [0.1, 0.15) is 5.69 Å². The standard InChI is InChI=1S/C16H22N4O/c17-13-4-5-14-12(10-13)11-15(19-14)16(21)18-6-9-20-7-2-1-3-8-20/h4-5,10-11,19H,1-3,6-9,17H2,(H,18,21). The number of amides is 1. The van der Waals surface area contributed by atoms with Crippen LogP contribution in [0.25, 0.3) is 10.9 Å². The Morgan fingerprint density at radius 3 is 2.86 bits per heavy atom. The fraction of sp³-hybridized carbons (Fsp3) is 0.438. The quantitative estimate of drug-likeness (QED) is 0.752. The number of likely N-dealkylation sites (tertiary alicyclic amines) is 1. The minimum atomic E-state index is -0.0539. The van der Waals surface area contributed by atoms with E-state index in [-0.39, 0.29) is 5.91 Å². The Labute approximate surface area is 124 Å². The predicted octanol–water partition coefficient (Wildman–Crippen LogP) is 1.97. The average Bonchev–Trinajstić information content (AvgIpc) is 2.91. The summed E-state index contributed by atoms with van der Waals surface area (Å²) in [5, 5.41) is 3.95. The van der Waals surface area contributed by atoms with Gasteiger partial charge in [0.2, 0.25) is 0 Å². The number of nitrogens with zero attached hydrogens (tertiary/aromatic N) is 1. The summed E-state index contributed by atoms with van der Waals surface area (Å²) < 4.78 is 0.